The minimum atomic E-state index is -0.744. The van der Waals surface area contributed by atoms with Crippen molar-refractivity contribution in [3.05, 3.63) is 0 Å². The molecular formula is C11H20N2O4. The molecule has 0 aromatic carbocycles. The lowest BCUT2D eigenvalue weighted by molar-refractivity contribution is -0.145. The van der Waals surface area contributed by atoms with Crippen LogP contribution >= 0.6 is 0 Å². The summed E-state index contributed by atoms with van der Waals surface area (Å²) in [4.78, 5) is 22.0. The molecule has 0 saturated carbocycles. The molecule has 1 aliphatic rings. The second-order valence-corrected chi connectivity index (χ2v) is 4.12. The van der Waals surface area contributed by atoms with Gasteiger partial charge in [0.15, 0.2) is 0 Å². The third-order valence-corrected chi connectivity index (χ3v) is 2.56. The van der Waals surface area contributed by atoms with Crippen molar-refractivity contribution in [1.82, 2.24) is 10.6 Å². The Morgan fingerprint density at radius 3 is 3.06 bits per heavy atom. The summed E-state index contributed by atoms with van der Waals surface area (Å²) in [7, 11) is 0. The number of carbonyl (C=O) groups is 2. The molecule has 3 N–H and O–H groups in total. The molecule has 2 atom stereocenters. The number of amides is 1. The van der Waals surface area contributed by atoms with Crippen molar-refractivity contribution in [2.24, 2.45) is 0 Å². The average Bonchev–Trinajstić information content (AvgIpc) is 2.64. The number of rotatable bonds is 7. The minimum Gasteiger partial charge on any atom is -0.466 e. The molecule has 0 aliphatic carbocycles. The first kappa shape index (κ1) is 13.9. The van der Waals surface area contributed by atoms with Gasteiger partial charge in [-0.05, 0) is 13.3 Å². The van der Waals surface area contributed by atoms with Crippen LogP contribution in [0.5, 0.6) is 0 Å². The van der Waals surface area contributed by atoms with Gasteiger partial charge in [0.1, 0.15) is 0 Å². The van der Waals surface area contributed by atoms with Crippen molar-refractivity contribution in [2.45, 2.75) is 38.3 Å². The second-order valence-electron chi connectivity index (χ2n) is 4.12. The quantitative estimate of drug-likeness (QED) is 0.509. The van der Waals surface area contributed by atoms with E-state index in [1.807, 2.05) is 0 Å². The fraction of sp³-hybridized carbons (Fsp3) is 0.818. The van der Waals surface area contributed by atoms with Gasteiger partial charge < -0.3 is 20.5 Å². The normalized spacial score (nSPS) is 21.1. The Morgan fingerprint density at radius 1 is 1.71 bits per heavy atom. The highest BCUT2D eigenvalue weighted by Gasteiger charge is 2.20. The van der Waals surface area contributed by atoms with E-state index in [1.54, 1.807) is 6.92 Å². The number of nitrogens with one attached hydrogen (secondary N) is 2. The Labute approximate surface area is 101 Å². The molecule has 0 bridgehead atoms. The van der Waals surface area contributed by atoms with Gasteiger partial charge in [-0.3, -0.25) is 9.59 Å². The maximum atomic E-state index is 11.0. The van der Waals surface area contributed by atoms with Crippen LogP contribution in [-0.4, -0.2) is 48.8 Å². The Balaban J connectivity index is 2.05. The van der Waals surface area contributed by atoms with Gasteiger partial charge in [-0.1, -0.05) is 0 Å². The van der Waals surface area contributed by atoms with Gasteiger partial charge in [-0.25, -0.2) is 0 Å². The van der Waals surface area contributed by atoms with Crippen LogP contribution in [0.1, 0.15) is 26.2 Å². The average molecular weight is 244 g/mol. The summed E-state index contributed by atoms with van der Waals surface area (Å²) < 4.78 is 4.72. The van der Waals surface area contributed by atoms with Crippen molar-refractivity contribution < 1.29 is 19.4 Å². The summed E-state index contributed by atoms with van der Waals surface area (Å²) in [6.07, 6.45) is 0.640. The van der Waals surface area contributed by atoms with E-state index in [4.69, 9.17) is 4.74 Å². The van der Waals surface area contributed by atoms with Gasteiger partial charge in [-0.2, -0.15) is 0 Å². The van der Waals surface area contributed by atoms with Crippen molar-refractivity contribution >= 4 is 11.9 Å². The lowest BCUT2D eigenvalue weighted by atomic mass is 10.2. The summed E-state index contributed by atoms with van der Waals surface area (Å²) >= 11 is 0. The first-order valence-corrected chi connectivity index (χ1v) is 5.95. The molecule has 1 amide bonds. The molecule has 6 nitrogen and oxygen atoms in total. The van der Waals surface area contributed by atoms with Crippen molar-refractivity contribution in [1.29, 1.82) is 0 Å². The third-order valence-electron chi connectivity index (χ3n) is 2.56. The van der Waals surface area contributed by atoms with Crippen LogP contribution in [-0.2, 0) is 14.3 Å². The van der Waals surface area contributed by atoms with E-state index in [-0.39, 0.29) is 18.4 Å². The predicted molar refractivity (Wildman–Crippen MR) is 61.3 cm³/mol. The molecule has 6 heteroatoms. The van der Waals surface area contributed by atoms with Crippen molar-refractivity contribution in [2.75, 3.05) is 19.7 Å². The highest BCUT2D eigenvalue weighted by molar-refractivity contribution is 5.78. The van der Waals surface area contributed by atoms with E-state index in [1.165, 1.54) is 0 Å². The number of aliphatic hydroxyl groups excluding tert-OH is 1. The fourth-order valence-corrected chi connectivity index (χ4v) is 1.74. The minimum absolute atomic E-state index is 0.00212. The fourth-order valence-electron chi connectivity index (χ4n) is 1.74. The van der Waals surface area contributed by atoms with E-state index in [0.29, 0.717) is 26.1 Å². The summed E-state index contributed by atoms with van der Waals surface area (Å²) in [5.41, 5.74) is 0. The van der Waals surface area contributed by atoms with Gasteiger partial charge in [0, 0.05) is 25.6 Å². The molecule has 17 heavy (non-hydrogen) atoms. The van der Waals surface area contributed by atoms with Crippen LogP contribution in [0.4, 0.5) is 0 Å². The van der Waals surface area contributed by atoms with Gasteiger partial charge in [0.25, 0.3) is 0 Å². The lowest BCUT2D eigenvalue weighted by Gasteiger charge is -2.14. The number of carbonyl (C=O) groups excluding carboxylic acids is 2. The highest BCUT2D eigenvalue weighted by Crippen LogP contribution is 2.05. The summed E-state index contributed by atoms with van der Waals surface area (Å²) in [6, 6.07) is 0.136. The summed E-state index contributed by atoms with van der Waals surface area (Å²) in [5.74, 6) is -0.320. The molecule has 1 saturated heterocycles. The Hall–Kier alpha value is -1.14. The van der Waals surface area contributed by atoms with Gasteiger partial charge >= 0.3 is 5.97 Å². The van der Waals surface area contributed by atoms with Crippen molar-refractivity contribution in [3.63, 3.8) is 0 Å². The van der Waals surface area contributed by atoms with Crippen LogP contribution < -0.4 is 10.6 Å². The molecule has 1 rings (SSSR count). The van der Waals surface area contributed by atoms with E-state index in [0.717, 1.165) is 6.42 Å². The first-order chi connectivity index (χ1) is 8.11. The molecule has 2 unspecified atom stereocenters. The third kappa shape index (κ3) is 5.65. The molecule has 0 aromatic rings. The molecule has 1 aliphatic heterocycles. The maximum Gasteiger partial charge on any atom is 0.308 e. The lowest BCUT2D eigenvalue weighted by Crippen LogP contribution is -2.39. The van der Waals surface area contributed by atoms with Crippen LogP contribution in [0.25, 0.3) is 0 Å². The Morgan fingerprint density at radius 2 is 2.47 bits per heavy atom. The second kappa shape index (κ2) is 7.24. The van der Waals surface area contributed by atoms with E-state index in [9.17, 15) is 14.7 Å². The summed E-state index contributed by atoms with van der Waals surface area (Å²) in [5, 5.41) is 15.4. The van der Waals surface area contributed by atoms with Gasteiger partial charge in [0.2, 0.25) is 5.91 Å². The molecule has 0 aromatic heterocycles. The molecule has 0 spiro atoms. The van der Waals surface area contributed by atoms with Gasteiger partial charge in [-0.15, -0.1) is 0 Å². The van der Waals surface area contributed by atoms with E-state index in [2.05, 4.69) is 10.6 Å². The number of hydrogen-bond donors (Lipinski definition) is 3. The van der Waals surface area contributed by atoms with Crippen LogP contribution in [0.15, 0.2) is 0 Å². The topological polar surface area (TPSA) is 87.7 Å². The standard InChI is InChI=1S/C11H20N2O4/c1-2-17-11(16)5-9(14)7-12-6-8-3-4-10(15)13-8/h8-9,12,14H,2-7H2,1H3,(H,13,15). The number of esters is 1. The monoisotopic (exact) mass is 244 g/mol. The number of ether oxygens (including phenoxy) is 1. The first-order valence-electron chi connectivity index (χ1n) is 5.95. The Bertz CT molecular complexity index is 270. The SMILES string of the molecule is CCOC(=O)CC(O)CNCC1CCC(=O)N1. The smallest absolute Gasteiger partial charge is 0.308 e. The zero-order valence-corrected chi connectivity index (χ0v) is 10.1. The molecule has 1 heterocycles. The number of aliphatic hydroxyl groups is 1. The highest BCUT2D eigenvalue weighted by atomic mass is 16.5. The van der Waals surface area contributed by atoms with Crippen LogP contribution in [0, 0.1) is 0 Å². The summed E-state index contributed by atoms with van der Waals surface area (Å²) in [6.45, 7) is 3.00. The largest absolute Gasteiger partial charge is 0.466 e. The van der Waals surface area contributed by atoms with E-state index < -0.39 is 12.1 Å². The van der Waals surface area contributed by atoms with E-state index >= 15 is 0 Å². The van der Waals surface area contributed by atoms with Crippen molar-refractivity contribution in [3.8, 4) is 0 Å². The Kier molecular flexibility index (Phi) is 5.93. The number of hydrogen-bond acceptors (Lipinski definition) is 5. The predicted octanol–water partition coefficient (Wildman–Crippen LogP) is -0.831. The van der Waals surface area contributed by atoms with Crippen LogP contribution in [0.2, 0.25) is 0 Å². The zero-order chi connectivity index (χ0) is 12.7. The zero-order valence-electron chi connectivity index (χ0n) is 10.1. The molecule has 1 fully saturated rings. The van der Waals surface area contributed by atoms with Gasteiger partial charge in [0.05, 0.1) is 19.1 Å². The maximum absolute atomic E-state index is 11.0. The molecule has 98 valence electrons. The molecule has 0 radical (unpaired) electrons. The van der Waals surface area contributed by atoms with Crippen LogP contribution in [0.3, 0.4) is 0 Å². The molecular weight excluding hydrogens is 224 g/mol.